The number of hydrogen-bond donors (Lipinski definition) is 3. The van der Waals surface area contributed by atoms with Crippen LogP contribution in [0.3, 0.4) is 0 Å². The standard InChI is InChI=1S/C24H35Cl2N5O2Si/c1-16(32)27-9-10-31-15-18(17-13-29-30-14-17)21-20(12-19(25)22(26)23(21)31)28-8-7-11-33-34(5,6)24(2,3)4/h12-15,28H,7-11H2,1-6H3,(H,27,32)(H,29,30)/q-1. The van der Waals surface area contributed by atoms with Crippen molar-refractivity contribution in [2.24, 2.45) is 0 Å². The predicted molar refractivity (Wildman–Crippen MR) is 144 cm³/mol. The van der Waals surface area contributed by atoms with Crippen molar-refractivity contribution in [3.05, 3.63) is 34.7 Å². The fourth-order valence-electron chi connectivity index (χ4n) is 3.56. The molecule has 3 aromatic rings. The van der Waals surface area contributed by atoms with Crippen LogP contribution in [-0.4, -0.2) is 48.7 Å². The maximum atomic E-state index is 11.4. The van der Waals surface area contributed by atoms with E-state index in [4.69, 9.17) is 27.6 Å². The minimum absolute atomic E-state index is 0.0714. The number of aromatic amines is 1. The Morgan fingerprint density at radius 2 is 2.00 bits per heavy atom. The molecular weight excluding hydrogens is 489 g/mol. The van der Waals surface area contributed by atoms with Crippen LogP contribution in [0.5, 0.6) is 0 Å². The molecule has 3 rings (SSSR count). The van der Waals surface area contributed by atoms with Gasteiger partial charge in [-0.15, -0.1) is 18.1 Å². The van der Waals surface area contributed by atoms with E-state index in [1.165, 1.54) is 6.92 Å². The molecule has 0 fully saturated rings. The van der Waals surface area contributed by atoms with E-state index in [0.717, 1.165) is 40.7 Å². The van der Waals surface area contributed by atoms with E-state index in [1.54, 1.807) is 6.20 Å². The Balaban J connectivity index is 1.87. The molecule has 0 unspecified atom stereocenters. The summed E-state index contributed by atoms with van der Waals surface area (Å²) in [5.74, 6) is -0.0714. The second-order valence-corrected chi connectivity index (χ2v) is 15.6. The van der Waals surface area contributed by atoms with Crippen molar-refractivity contribution in [3.8, 4) is 11.1 Å². The van der Waals surface area contributed by atoms with E-state index in [0.29, 0.717) is 29.7 Å². The van der Waals surface area contributed by atoms with Gasteiger partial charge < -0.3 is 19.6 Å². The van der Waals surface area contributed by atoms with Gasteiger partial charge in [-0.2, -0.15) is 5.10 Å². The van der Waals surface area contributed by atoms with Gasteiger partial charge in [0.15, 0.2) is 0 Å². The first kappa shape index (κ1) is 26.6. The quantitative estimate of drug-likeness (QED) is 0.215. The number of benzene rings is 1. The molecule has 187 valence electrons. The highest BCUT2D eigenvalue weighted by atomic mass is 35.5. The van der Waals surface area contributed by atoms with Crippen LogP contribution >= 0.6 is 23.2 Å². The monoisotopic (exact) mass is 523 g/mol. The van der Waals surface area contributed by atoms with Crippen LogP contribution in [0.2, 0.25) is 28.2 Å². The molecule has 1 aromatic carbocycles. The highest BCUT2D eigenvalue weighted by Crippen LogP contribution is 2.42. The van der Waals surface area contributed by atoms with Gasteiger partial charge in [-0.05, 0) is 20.8 Å². The van der Waals surface area contributed by atoms with Gasteiger partial charge >= 0.3 is 0 Å². The number of nitrogens with one attached hydrogen (secondary N) is 3. The second-order valence-electron chi connectivity index (χ2n) is 10.0. The molecular formula is C24H35Cl2N5O2Si-. The number of fused-ring (bicyclic) bond motifs is 1. The lowest BCUT2D eigenvalue weighted by molar-refractivity contribution is -0.118. The molecule has 0 atom stereocenters. The lowest BCUT2D eigenvalue weighted by Crippen LogP contribution is -2.41. The van der Waals surface area contributed by atoms with Crippen molar-refractivity contribution < 1.29 is 9.22 Å². The number of carbonyl (C=O) groups excluding carboxylic acids is 1. The predicted octanol–water partition coefficient (Wildman–Crippen LogP) is 6.30. The Bertz CT molecular complexity index is 1140. The first-order valence-corrected chi connectivity index (χ1v) is 15.2. The van der Waals surface area contributed by atoms with Crippen LogP contribution in [0.1, 0.15) is 34.1 Å². The average Bonchev–Trinajstić information content (AvgIpc) is 3.38. The first-order valence-electron chi connectivity index (χ1n) is 11.5. The summed E-state index contributed by atoms with van der Waals surface area (Å²) in [6.07, 6.45) is 6.54. The van der Waals surface area contributed by atoms with Crippen molar-refractivity contribution in [1.82, 2.24) is 20.1 Å². The third kappa shape index (κ3) is 5.97. The minimum atomic E-state index is -1.77. The molecule has 7 nitrogen and oxygen atoms in total. The molecule has 2 aromatic heterocycles. The summed E-state index contributed by atoms with van der Waals surface area (Å²) in [4.78, 5) is 11.4. The lowest BCUT2D eigenvalue weighted by atomic mass is 10.1. The fraction of sp³-hybridized carbons (Fsp3) is 0.500. The van der Waals surface area contributed by atoms with Crippen molar-refractivity contribution in [1.29, 1.82) is 0 Å². The first-order chi connectivity index (χ1) is 15.9. The van der Waals surface area contributed by atoms with Gasteiger partial charge in [0.05, 0.1) is 21.8 Å². The summed E-state index contributed by atoms with van der Waals surface area (Å²) in [5, 5.41) is 15.5. The maximum absolute atomic E-state index is 11.4. The van der Waals surface area contributed by atoms with E-state index in [9.17, 15) is 4.79 Å². The Morgan fingerprint density at radius 1 is 1.26 bits per heavy atom. The molecule has 0 aliphatic heterocycles. The number of nitrogens with zero attached hydrogens (tertiary/aromatic N) is 2. The number of H-pyrrole nitrogens is 1. The molecule has 3 N–H and O–H groups in total. The van der Waals surface area contributed by atoms with Crippen LogP contribution in [0.15, 0.2) is 24.7 Å². The SMILES string of the molecule is CC(=O)NCCn1cc(-c2cn[nH]c2)c2c(NCCCO[Si-](C)(C)C(C)(C)C)cc(Cl)c(Cl)c21. The molecule has 0 radical (unpaired) electrons. The molecule has 1 amide bonds. The van der Waals surface area contributed by atoms with E-state index < -0.39 is 8.32 Å². The Morgan fingerprint density at radius 3 is 2.62 bits per heavy atom. The third-order valence-corrected chi connectivity index (χ3v) is 11.8. The Hall–Kier alpha value is -2.00. The lowest BCUT2D eigenvalue weighted by Gasteiger charge is -2.48. The van der Waals surface area contributed by atoms with Gasteiger partial charge in [0.25, 0.3) is 0 Å². The summed E-state index contributed by atoms with van der Waals surface area (Å²) in [6, 6.07) is 1.88. The van der Waals surface area contributed by atoms with Gasteiger partial charge in [-0.3, -0.25) is 9.89 Å². The number of amides is 1. The van der Waals surface area contributed by atoms with Gasteiger partial charge in [0.2, 0.25) is 5.91 Å². The molecule has 2 heterocycles. The highest BCUT2D eigenvalue weighted by Gasteiger charge is 2.24. The van der Waals surface area contributed by atoms with Gasteiger partial charge in [-0.1, -0.05) is 44.0 Å². The average molecular weight is 525 g/mol. The minimum Gasteiger partial charge on any atom is -0.564 e. The fourth-order valence-corrected chi connectivity index (χ4v) is 5.11. The van der Waals surface area contributed by atoms with E-state index in [-0.39, 0.29) is 10.9 Å². The van der Waals surface area contributed by atoms with Crippen molar-refractivity contribution in [2.45, 2.75) is 58.8 Å². The molecule has 0 saturated heterocycles. The zero-order chi connectivity index (χ0) is 25.1. The molecule has 0 aliphatic carbocycles. The third-order valence-electron chi connectivity index (χ3n) is 6.48. The molecule has 0 bridgehead atoms. The Labute approximate surface area is 212 Å². The highest BCUT2D eigenvalue weighted by molar-refractivity contribution is 6.74. The van der Waals surface area contributed by atoms with Crippen LogP contribution in [0, 0.1) is 0 Å². The topological polar surface area (TPSA) is 84.0 Å². The number of hydrogen-bond acceptors (Lipinski definition) is 4. The summed E-state index contributed by atoms with van der Waals surface area (Å²) in [5.41, 5.74) is 3.68. The zero-order valence-electron chi connectivity index (χ0n) is 20.8. The van der Waals surface area contributed by atoms with Crippen LogP contribution in [0.4, 0.5) is 5.69 Å². The summed E-state index contributed by atoms with van der Waals surface area (Å²) >= 11 is 13.2. The van der Waals surface area contributed by atoms with Crippen molar-refractivity contribution in [2.75, 3.05) is 25.0 Å². The van der Waals surface area contributed by atoms with E-state index in [2.05, 4.69) is 54.7 Å². The van der Waals surface area contributed by atoms with Gasteiger partial charge in [-0.25, -0.2) is 0 Å². The largest absolute Gasteiger partial charge is 0.564 e. The van der Waals surface area contributed by atoms with E-state index in [1.807, 2.05) is 23.0 Å². The van der Waals surface area contributed by atoms with Crippen molar-refractivity contribution >= 4 is 54.0 Å². The number of carbonyl (C=O) groups is 1. The summed E-state index contributed by atoms with van der Waals surface area (Å²) in [6.45, 7) is 15.3. The summed E-state index contributed by atoms with van der Waals surface area (Å²) < 4.78 is 8.35. The normalized spacial score (nSPS) is 12.4. The number of anilines is 1. The van der Waals surface area contributed by atoms with Crippen LogP contribution in [0.25, 0.3) is 22.0 Å². The van der Waals surface area contributed by atoms with Gasteiger partial charge in [0, 0.05) is 67.8 Å². The van der Waals surface area contributed by atoms with Gasteiger partial charge in [0.1, 0.15) is 0 Å². The number of halogens is 2. The maximum Gasteiger partial charge on any atom is 0.216 e. The smallest absolute Gasteiger partial charge is 0.216 e. The molecule has 10 heteroatoms. The second kappa shape index (κ2) is 10.7. The van der Waals surface area contributed by atoms with Crippen LogP contribution in [-0.2, 0) is 15.8 Å². The summed E-state index contributed by atoms with van der Waals surface area (Å²) in [7, 11) is -1.77. The molecule has 0 spiro atoms. The van der Waals surface area contributed by atoms with E-state index >= 15 is 0 Å². The molecule has 0 aliphatic rings. The molecule has 34 heavy (non-hydrogen) atoms. The number of aromatic nitrogens is 3. The van der Waals surface area contributed by atoms with Crippen LogP contribution < -0.4 is 10.6 Å². The number of rotatable bonds is 10. The van der Waals surface area contributed by atoms with Crippen molar-refractivity contribution in [3.63, 3.8) is 0 Å². The zero-order valence-corrected chi connectivity index (χ0v) is 23.3. The molecule has 0 saturated carbocycles. The Kier molecular flexibility index (Phi) is 8.39.